The molecule has 0 saturated heterocycles. The van der Waals surface area contributed by atoms with Gasteiger partial charge >= 0.3 is 6.09 Å². The molecule has 1 aliphatic rings. The molecule has 3 aromatic carbocycles. The van der Waals surface area contributed by atoms with Crippen LogP contribution in [0.5, 0.6) is 0 Å². The fourth-order valence-corrected chi connectivity index (χ4v) is 5.80. The Bertz CT molecular complexity index is 1010. The highest BCUT2D eigenvalue weighted by Gasteiger charge is 2.33. The summed E-state index contributed by atoms with van der Waals surface area (Å²) in [6.45, 7) is 0.277. The number of anilines is 1. The van der Waals surface area contributed by atoms with E-state index in [4.69, 9.17) is 4.74 Å². The third-order valence-electron chi connectivity index (χ3n) is 5.47. The lowest BCUT2D eigenvalue weighted by atomic mass is 9.92. The van der Waals surface area contributed by atoms with Gasteiger partial charge in [-0.3, -0.25) is 4.90 Å². The quantitative estimate of drug-likeness (QED) is 0.302. The molecule has 4 rings (SSSR count). The molecule has 3 nitrogen and oxygen atoms in total. The van der Waals surface area contributed by atoms with Crippen molar-refractivity contribution in [1.82, 2.24) is 0 Å². The van der Waals surface area contributed by atoms with Crippen molar-refractivity contribution < 1.29 is 9.53 Å². The van der Waals surface area contributed by atoms with Gasteiger partial charge in [0.2, 0.25) is 0 Å². The van der Waals surface area contributed by atoms with Gasteiger partial charge in [0.25, 0.3) is 0 Å². The van der Waals surface area contributed by atoms with E-state index >= 15 is 0 Å². The largest absolute Gasteiger partial charge is 0.444 e. The number of rotatable bonds is 5. The number of nitrogens with zero attached hydrogens (tertiary/aromatic N) is 1. The summed E-state index contributed by atoms with van der Waals surface area (Å²) in [5.74, 6) is 0. The third kappa shape index (κ3) is 5.06. The molecule has 30 heavy (non-hydrogen) atoms. The van der Waals surface area contributed by atoms with E-state index in [1.54, 1.807) is 0 Å². The predicted octanol–water partition coefficient (Wildman–Crippen LogP) is 7.14. The van der Waals surface area contributed by atoms with Gasteiger partial charge in [0.15, 0.2) is 0 Å². The molecule has 1 aliphatic heterocycles. The Balaban J connectivity index is 1.58. The Morgan fingerprint density at radius 2 is 1.70 bits per heavy atom. The molecule has 0 radical (unpaired) electrons. The van der Waals surface area contributed by atoms with Crippen molar-refractivity contribution in [3.63, 3.8) is 0 Å². The van der Waals surface area contributed by atoms with Gasteiger partial charge in [0, 0.05) is 14.1 Å². The predicted molar refractivity (Wildman–Crippen MR) is 133 cm³/mol. The van der Waals surface area contributed by atoms with Crippen molar-refractivity contribution in [1.29, 1.82) is 0 Å². The van der Waals surface area contributed by atoms with Gasteiger partial charge in [-0.1, -0.05) is 60.7 Å². The molecule has 0 saturated carbocycles. The van der Waals surface area contributed by atoms with Crippen LogP contribution in [-0.4, -0.2) is 12.1 Å². The maximum Gasteiger partial charge on any atom is 0.414 e. The SMILES string of the molecule is O=C(OCc1ccccc1)N1c2c(Br)cc(I)cc2CCC1CCc1ccccc1. The standard InChI is InChI=1S/C25H23BrINO2/c26-23-16-21(27)15-20-12-14-22(13-11-18-7-3-1-4-8-18)28(24(20)23)25(29)30-17-19-9-5-2-6-10-19/h1-10,15-16,22H,11-14,17H2. The van der Waals surface area contributed by atoms with Crippen molar-refractivity contribution >= 4 is 50.3 Å². The van der Waals surface area contributed by atoms with Crippen molar-refractivity contribution in [3.05, 3.63) is 97.5 Å². The number of amides is 1. The monoisotopic (exact) mass is 575 g/mol. The number of fused-ring (bicyclic) bond motifs is 1. The van der Waals surface area contributed by atoms with E-state index in [2.05, 4.69) is 74.9 Å². The highest BCUT2D eigenvalue weighted by Crippen LogP contribution is 2.40. The minimum Gasteiger partial charge on any atom is -0.444 e. The van der Waals surface area contributed by atoms with Crippen molar-refractivity contribution in [2.24, 2.45) is 0 Å². The van der Waals surface area contributed by atoms with Gasteiger partial charge in [0.05, 0.1) is 5.69 Å². The van der Waals surface area contributed by atoms with Gasteiger partial charge in [-0.25, -0.2) is 4.79 Å². The molecule has 1 amide bonds. The summed E-state index contributed by atoms with van der Waals surface area (Å²) in [5, 5.41) is 0. The van der Waals surface area contributed by atoms with Gasteiger partial charge in [-0.05, 0) is 93.0 Å². The molecular weight excluding hydrogens is 553 g/mol. The van der Waals surface area contributed by atoms with Crippen molar-refractivity contribution in [2.75, 3.05) is 4.90 Å². The molecule has 3 aromatic rings. The zero-order valence-corrected chi connectivity index (χ0v) is 20.3. The van der Waals surface area contributed by atoms with E-state index in [1.807, 2.05) is 41.3 Å². The minimum atomic E-state index is -0.278. The fourth-order valence-electron chi connectivity index (χ4n) is 3.99. The van der Waals surface area contributed by atoms with Crippen LogP contribution >= 0.6 is 38.5 Å². The van der Waals surface area contributed by atoms with E-state index < -0.39 is 0 Å². The summed E-state index contributed by atoms with van der Waals surface area (Å²) < 4.78 is 7.87. The molecule has 0 bridgehead atoms. The molecule has 5 heteroatoms. The highest BCUT2D eigenvalue weighted by atomic mass is 127. The Hall–Kier alpha value is -1.86. The first-order valence-corrected chi connectivity index (χ1v) is 12.0. The molecule has 1 atom stereocenters. The second kappa shape index (κ2) is 9.96. The number of benzene rings is 3. The summed E-state index contributed by atoms with van der Waals surface area (Å²) in [4.78, 5) is 15.2. The Kier molecular flexibility index (Phi) is 7.10. The maximum absolute atomic E-state index is 13.3. The Morgan fingerprint density at radius 3 is 2.40 bits per heavy atom. The number of carbonyl (C=O) groups is 1. The van der Waals surface area contributed by atoms with E-state index in [0.717, 1.165) is 41.4 Å². The smallest absolute Gasteiger partial charge is 0.414 e. The lowest BCUT2D eigenvalue weighted by Crippen LogP contribution is -2.44. The molecule has 1 unspecified atom stereocenters. The zero-order chi connectivity index (χ0) is 20.9. The normalized spacial score (nSPS) is 15.5. The molecule has 154 valence electrons. The van der Waals surface area contributed by atoms with Gasteiger partial charge in [0.1, 0.15) is 6.61 Å². The van der Waals surface area contributed by atoms with Crippen LogP contribution in [0.15, 0.2) is 77.3 Å². The summed E-state index contributed by atoms with van der Waals surface area (Å²) in [6, 6.07) is 24.6. The van der Waals surface area contributed by atoms with E-state index in [-0.39, 0.29) is 18.7 Å². The Morgan fingerprint density at radius 1 is 1.03 bits per heavy atom. The van der Waals surface area contributed by atoms with Crippen LogP contribution in [0.4, 0.5) is 10.5 Å². The summed E-state index contributed by atoms with van der Waals surface area (Å²) in [5.41, 5.74) is 4.44. The lowest BCUT2D eigenvalue weighted by molar-refractivity contribution is 0.143. The molecule has 0 N–H and O–H groups in total. The first kappa shape index (κ1) is 21.4. The Labute approximate surface area is 199 Å². The first-order chi connectivity index (χ1) is 14.6. The second-order valence-electron chi connectivity index (χ2n) is 7.52. The van der Waals surface area contributed by atoms with Crippen LogP contribution in [0.25, 0.3) is 0 Å². The number of carbonyl (C=O) groups excluding carboxylic acids is 1. The molecule has 0 spiro atoms. The number of aryl methyl sites for hydroxylation is 2. The first-order valence-electron chi connectivity index (χ1n) is 10.1. The van der Waals surface area contributed by atoms with Crippen LogP contribution in [0.1, 0.15) is 29.5 Å². The van der Waals surface area contributed by atoms with Crippen LogP contribution < -0.4 is 4.90 Å². The van der Waals surface area contributed by atoms with Crippen LogP contribution in [0.2, 0.25) is 0 Å². The van der Waals surface area contributed by atoms with Gasteiger partial charge in [-0.2, -0.15) is 0 Å². The van der Waals surface area contributed by atoms with Crippen molar-refractivity contribution in [2.45, 2.75) is 38.3 Å². The maximum atomic E-state index is 13.3. The second-order valence-corrected chi connectivity index (χ2v) is 9.62. The average molecular weight is 576 g/mol. The summed E-state index contributed by atoms with van der Waals surface area (Å²) >= 11 is 6.03. The van der Waals surface area contributed by atoms with E-state index in [9.17, 15) is 4.79 Å². The van der Waals surface area contributed by atoms with E-state index in [1.165, 1.54) is 14.7 Å². The topological polar surface area (TPSA) is 29.5 Å². The zero-order valence-electron chi connectivity index (χ0n) is 16.6. The average Bonchev–Trinajstić information content (AvgIpc) is 2.77. The molecule has 0 fully saturated rings. The molecule has 0 aliphatic carbocycles. The van der Waals surface area contributed by atoms with Crippen LogP contribution in [0, 0.1) is 3.57 Å². The molecule has 0 aromatic heterocycles. The number of hydrogen-bond donors (Lipinski definition) is 0. The molecular formula is C25H23BrINO2. The fraction of sp³-hybridized carbons (Fsp3) is 0.240. The number of hydrogen-bond acceptors (Lipinski definition) is 2. The van der Waals surface area contributed by atoms with Crippen LogP contribution in [-0.2, 0) is 24.2 Å². The van der Waals surface area contributed by atoms with Gasteiger partial charge in [-0.15, -0.1) is 0 Å². The third-order valence-corrected chi connectivity index (χ3v) is 6.70. The number of halogens is 2. The summed E-state index contributed by atoms with van der Waals surface area (Å²) in [6.07, 6.45) is 3.47. The van der Waals surface area contributed by atoms with Crippen molar-refractivity contribution in [3.8, 4) is 0 Å². The molecule has 1 heterocycles. The van der Waals surface area contributed by atoms with Crippen LogP contribution in [0.3, 0.4) is 0 Å². The summed E-state index contributed by atoms with van der Waals surface area (Å²) in [7, 11) is 0. The minimum absolute atomic E-state index is 0.109. The highest BCUT2D eigenvalue weighted by molar-refractivity contribution is 14.1. The number of ether oxygens (including phenoxy) is 1. The van der Waals surface area contributed by atoms with E-state index in [0.29, 0.717) is 0 Å². The van der Waals surface area contributed by atoms with Gasteiger partial charge < -0.3 is 4.74 Å². The lowest BCUT2D eigenvalue weighted by Gasteiger charge is -2.37.